The lowest BCUT2D eigenvalue weighted by molar-refractivity contribution is 0.263. The molecular formula is C13H19BrN2S. The monoisotopic (exact) mass is 314 g/mol. The van der Waals surface area contributed by atoms with Crippen LogP contribution in [0.15, 0.2) is 22.7 Å². The number of hydrogen-bond donors (Lipinski definition) is 1. The van der Waals surface area contributed by atoms with Crippen molar-refractivity contribution in [1.29, 1.82) is 0 Å². The molecule has 0 bridgehead atoms. The zero-order valence-corrected chi connectivity index (χ0v) is 12.7. The Labute approximate surface area is 116 Å². The Kier molecular flexibility index (Phi) is 4.39. The maximum absolute atomic E-state index is 5.91. The number of nitrogens with two attached hydrogens (primary N) is 1. The third-order valence-corrected chi connectivity index (χ3v) is 4.91. The van der Waals surface area contributed by atoms with Crippen LogP contribution in [0.3, 0.4) is 0 Å². The molecule has 0 amide bonds. The van der Waals surface area contributed by atoms with E-state index in [4.69, 9.17) is 5.73 Å². The van der Waals surface area contributed by atoms with Gasteiger partial charge in [-0.3, -0.25) is 4.90 Å². The number of halogens is 1. The highest BCUT2D eigenvalue weighted by atomic mass is 79.9. The van der Waals surface area contributed by atoms with Gasteiger partial charge < -0.3 is 5.73 Å². The summed E-state index contributed by atoms with van der Waals surface area (Å²) < 4.78 is 0.984. The van der Waals surface area contributed by atoms with Crippen LogP contribution in [-0.4, -0.2) is 28.5 Å². The predicted octanol–water partition coefficient (Wildman–Crippen LogP) is 3.36. The summed E-state index contributed by atoms with van der Waals surface area (Å²) in [5, 5.41) is 1.46. The van der Waals surface area contributed by atoms with Crippen LogP contribution in [0.5, 0.6) is 0 Å². The standard InChI is InChI=1S/C13H19BrN2S/c1-9-6-16(7-10(2)17-9)8-11-3-4-12(14)13(15)5-11/h3-5,9-10H,6-8,15H2,1-2H3. The van der Waals surface area contributed by atoms with E-state index in [1.807, 2.05) is 6.07 Å². The summed E-state index contributed by atoms with van der Waals surface area (Å²) in [5.74, 6) is 0. The average Bonchev–Trinajstić information content (AvgIpc) is 2.22. The van der Waals surface area contributed by atoms with E-state index in [1.54, 1.807) is 0 Å². The van der Waals surface area contributed by atoms with Gasteiger partial charge in [-0.2, -0.15) is 11.8 Å². The van der Waals surface area contributed by atoms with E-state index in [0.29, 0.717) is 0 Å². The molecule has 0 aromatic heterocycles. The second kappa shape index (κ2) is 5.63. The number of anilines is 1. The zero-order chi connectivity index (χ0) is 12.4. The molecule has 1 aromatic carbocycles. The lowest BCUT2D eigenvalue weighted by Gasteiger charge is -2.34. The van der Waals surface area contributed by atoms with Crippen molar-refractivity contribution in [2.24, 2.45) is 0 Å². The largest absolute Gasteiger partial charge is 0.398 e. The van der Waals surface area contributed by atoms with Crippen molar-refractivity contribution < 1.29 is 0 Å². The Bertz CT molecular complexity index is 387. The van der Waals surface area contributed by atoms with Crippen LogP contribution < -0.4 is 5.73 Å². The second-order valence-corrected chi connectivity index (χ2v) is 7.54. The van der Waals surface area contributed by atoms with E-state index in [0.717, 1.165) is 27.2 Å². The average molecular weight is 315 g/mol. The fourth-order valence-electron chi connectivity index (χ4n) is 2.36. The molecule has 17 heavy (non-hydrogen) atoms. The molecule has 2 nitrogen and oxygen atoms in total. The van der Waals surface area contributed by atoms with Crippen LogP contribution in [0, 0.1) is 0 Å². The lowest BCUT2D eigenvalue weighted by Crippen LogP contribution is -2.39. The molecule has 0 spiro atoms. The first-order valence-corrected chi connectivity index (χ1v) is 7.70. The van der Waals surface area contributed by atoms with E-state index >= 15 is 0 Å². The molecule has 2 N–H and O–H groups in total. The van der Waals surface area contributed by atoms with Gasteiger partial charge in [0.05, 0.1) is 0 Å². The second-order valence-electron chi connectivity index (χ2n) is 4.81. The molecule has 2 unspecified atom stereocenters. The van der Waals surface area contributed by atoms with Crippen molar-refractivity contribution in [2.75, 3.05) is 18.8 Å². The van der Waals surface area contributed by atoms with E-state index < -0.39 is 0 Å². The first-order chi connectivity index (χ1) is 8.04. The molecule has 2 rings (SSSR count). The summed E-state index contributed by atoms with van der Waals surface area (Å²) >= 11 is 5.52. The van der Waals surface area contributed by atoms with Crippen LogP contribution in [0.2, 0.25) is 0 Å². The molecule has 2 atom stereocenters. The molecule has 4 heteroatoms. The van der Waals surface area contributed by atoms with E-state index in [1.165, 1.54) is 18.7 Å². The lowest BCUT2D eigenvalue weighted by atomic mass is 10.2. The fourth-order valence-corrected chi connectivity index (χ4v) is 4.00. The molecular weight excluding hydrogens is 296 g/mol. The minimum absolute atomic E-state index is 0.728. The van der Waals surface area contributed by atoms with Crippen molar-refractivity contribution in [3.8, 4) is 0 Å². The summed E-state index contributed by atoms with van der Waals surface area (Å²) in [6.07, 6.45) is 0. The minimum Gasteiger partial charge on any atom is -0.398 e. The normalized spacial score (nSPS) is 26.1. The van der Waals surface area contributed by atoms with Gasteiger partial charge in [-0.1, -0.05) is 19.9 Å². The maximum Gasteiger partial charge on any atom is 0.0461 e. The Morgan fingerprint density at radius 3 is 2.59 bits per heavy atom. The van der Waals surface area contributed by atoms with Gasteiger partial charge in [-0.05, 0) is 33.6 Å². The molecule has 0 saturated carbocycles. The quantitative estimate of drug-likeness (QED) is 0.849. The van der Waals surface area contributed by atoms with Gasteiger partial charge in [0.15, 0.2) is 0 Å². The third-order valence-electron chi connectivity index (χ3n) is 2.96. The van der Waals surface area contributed by atoms with Crippen LogP contribution in [-0.2, 0) is 6.54 Å². The van der Waals surface area contributed by atoms with E-state index in [9.17, 15) is 0 Å². The SMILES string of the molecule is CC1CN(Cc2ccc(Br)c(N)c2)CC(C)S1. The zero-order valence-electron chi connectivity index (χ0n) is 10.3. The summed E-state index contributed by atoms with van der Waals surface area (Å²) in [5.41, 5.74) is 8.04. The Balaban J connectivity index is 2.02. The molecule has 0 aliphatic carbocycles. The topological polar surface area (TPSA) is 29.3 Å². The molecule has 1 aliphatic heterocycles. The minimum atomic E-state index is 0.728. The van der Waals surface area contributed by atoms with Crippen LogP contribution in [0.25, 0.3) is 0 Å². The number of thioether (sulfide) groups is 1. The van der Waals surface area contributed by atoms with Gasteiger partial charge in [0.25, 0.3) is 0 Å². The highest BCUT2D eigenvalue weighted by Gasteiger charge is 2.22. The van der Waals surface area contributed by atoms with Crippen molar-refractivity contribution in [2.45, 2.75) is 30.9 Å². The highest BCUT2D eigenvalue weighted by molar-refractivity contribution is 9.10. The smallest absolute Gasteiger partial charge is 0.0461 e. The van der Waals surface area contributed by atoms with Gasteiger partial charge in [0.1, 0.15) is 0 Å². The summed E-state index contributed by atoms with van der Waals surface area (Å²) in [4.78, 5) is 2.52. The molecule has 1 aliphatic rings. The Morgan fingerprint density at radius 1 is 1.35 bits per heavy atom. The molecule has 0 radical (unpaired) electrons. The summed E-state index contributed by atoms with van der Waals surface area (Å²) in [6, 6.07) is 6.26. The number of nitrogens with zero attached hydrogens (tertiary/aromatic N) is 1. The van der Waals surface area contributed by atoms with Crippen molar-refractivity contribution in [3.05, 3.63) is 28.2 Å². The molecule has 1 fully saturated rings. The summed E-state index contributed by atoms with van der Waals surface area (Å²) in [6.45, 7) is 7.97. The van der Waals surface area contributed by atoms with Gasteiger partial charge in [-0.25, -0.2) is 0 Å². The van der Waals surface area contributed by atoms with Gasteiger partial charge in [-0.15, -0.1) is 0 Å². The highest BCUT2D eigenvalue weighted by Crippen LogP contribution is 2.27. The van der Waals surface area contributed by atoms with Gasteiger partial charge in [0, 0.05) is 40.3 Å². The van der Waals surface area contributed by atoms with Crippen LogP contribution in [0.4, 0.5) is 5.69 Å². The van der Waals surface area contributed by atoms with Crippen molar-refractivity contribution in [1.82, 2.24) is 4.90 Å². The Hall–Kier alpha value is -0.190. The number of hydrogen-bond acceptors (Lipinski definition) is 3. The van der Waals surface area contributed by atoms with E-state index in [-0.39, 0.29) is 0 Å². The molecule has 1 saturated heterocycles. The number of benzene rings is 1. The Morgan fingerprint density at radius 2 is 2.00 bits per heavy atom. The third kappa shape index (κ3) is 3.63. The first kappa shape index (κ1) is 13.2. The summed E-state index contributed by atoms with van der Waals surface area (Å²) in [7, 11) is 0. The first-order valence-electron chi connectivity index (χ1n) is 5.96. The van der Waals surface area contributed by atoms with Crippen LogP contribution >= 0.6 is 27.7 Å². The van der Waals surface area contributed by atoms with Crippen molar-refractivity contribution >= 4 is 33.4 Å². The molecule has 1 aromatic rings. The van der Waals surface area contributed by atoms with Crippen LogP contribution in [0.1, 0.15) is 19.4 Å². The van der Waals surface area contributed by atoms with Gasteiger partial charge >= 0.3 is 0 Å². The molecule has 94 valence electrons. The number of nitrogen functional groups attached to an aromatic ring is 1. The predicted molar refractivity (Wildman–Crippen MR) is 80.3 cm³/mol. The van der Waals surface area contributed by atoms with Crippen molar-refractivity contribution in [3.63, 3.8) is 0 Å². The number of rotatable bonds is 2. The van der Waals surface area contributed by atoms with E-state index in [2.05, 4.69) is 58.6 Å². The van der Waals surface area contributed by atoms with Gasteiger partial charge in [0.2, 0.25) is 0 Å². The fraction of sp³-hybridized carbons (Fsp3) is 0.538. The molecule has 1 heterocycles. The maximum atomic E-state index is 5.91.